The Morgan fingerprint density at radius 2 is 2.00 bits per heavy atom. The largest absolute Gasteiger partial charge is 0.306 e. The molecule has 0 aromatic heterocycles. The molecule has 1 nitrogen and oxygen atoms in total. The molecule has 0 aliphatic rings. The SMILES string of the molecule is Cc1cccc([C@@H](C)NCc2cc(F)ccc2Cl)c1. The van der Waals surface area contributed by atoms with Crippen LogP contribution < -0.4 is 5.32 Å². The van der Waals surface area contributed by atoms with Gasteiger partial charge < -0.3 is 5.32 Å². The Morgan fingerprint density at radius 1 is 1.21 bits per heavy atom. The fourth-order valence-electron chi connectivity index (χ4n) is 2.00. The van der Waals surface area contributed by atoms with Crippen LogP contribution in [0.4, 0.5) is 4.39 Å². The van der Waals surface area contributed by atoms with Crippen LogP contribution in [0.2, 0.25) is 5.02 Å². The van der Waals surface area contributed by atoms with E-state index in [2.05, 4.69) is 37.4 Å². The molecule has 0 heterocycles. The molecule has 0 amide bonds. The third-order valence-electron chi connectivity index (χ3n) is 3.15. The molecule has 1 N–H and O–H groups in total. The molecular formula is C16H17ClFN. The fraction of sp³-hybridized carbons (Fsp3) is 0.250. The minimum absolute atomic E-state index is 0.194. The smallest absolute Gasteiger partial charge is 0.123 e. The van der Waals surface area contributed by atoms with Crippen LogP contribution in [0.3, 0.4) is 0 Å². The quantitative estimate of drug-likeness (QED) is 0.858. The van der Waals surface area contributed by atoms with Gasteiger partial charge in [0, 0.05) is 17.6 Å². The van der Waals surface area contributed by atoms with Gasteiger partial charge in [0.15, 0.2) is 0 Å². The van der Waals surface area contributed by atoms with Crippen molar-refractivity contribution in [2.45, 2.75) is 26.4 Å². The number of rotatable bonds is 4. The topological polar surface area (TPSA) is 12.0 Å². The first-order valence-electron chi connectivity index (χ1n) is 6.30. The molecular weight excluding hydrogens is 261 g/mol. The van der Waals surface area contributed by atoms with E-state index in [-0.39, 0.29) is 11.9 Å². The van der Waals surface area contributed by atoms with E-state index in [0.717, 1.165) is 5.56 Å². The summed E-state index contributed by atoms with van der Waals surface area (Å²) in [7, 11) is 0. The van der Waals surface area contributed by atoms with Gasteiger partial charge in [0.05, 0.1) is 0 Å². The van der Waals surface area contributed by atoms with E-state index in [1.807, 2.05) is 6.07 Å². The second-order valence-electron chi connectivity index (χ2n) is 4.75. The molecule has 0 aliphatic heterocycles. The summed E-state index contributed by atoms with van der Waals surface area (Å²) in [6.07, 6.45) is 0. The predicted octanol–water partition coefficient (Wildman–Crippen LogP) is 4.64. The van der Waals surface area contributed by atoms with Gasteiger partial charge in [0.2, 0.25) is 0 Å². The van der Waals surface area contributed by atoms with Crippen LogP contribution in [0.5, 0.6) is 0 Å². The summed E-state index contributed by atoms with van der Waals surface area (Å²) in [6.45, 7) is 4.70. The van der Waals surface area contributed by atoms with E-state index in [4.69, 9.17) is 11.6 Å². The lowest BCUT2D eigenvalue weighted by Gasteiger charge is -2.15. The molecule has 2 rings (SSSR count). The molecule has 2 aromatic rings. The maximum atomic E-state index is 13.2. The number of hydrogen-bond donors (Lipinski definition) is 1. The normalized spacial score (nSPS) is 12.4. The van der Waals surface area contributed by atoms with Crippen molar-refractivity contribution >= 4 is 11.6 Å². The van der Waals surface area contributed by atoms with Crippen molar-refractivity contribution in [1.29, 1.82) is 0 Å². The third-order valence-corrected chi connectivity index (χ3v) is 3.52. The van der Waals surface area contributed by atoms with Crippen LogP contribution >= 0.6 is 11.6 Å². The Labute approximate surface area is 118 Å². The summed E-state index contributed by atoms with van der Waals surface area (Å²) < 4.78 is 13.2. The predicted molar refractivity (Wildman–Crippen MR) is 77.8 cm³/mol. The molecule has 0 saturated carbocycles. The van der Waals surface area contributed by atoms with Gasteiger partial charge in [0.1, 0.15) is 5.82 Å². The summed E-state index contributed by atoms with van der Waals surface area (Å²) in [6, 6.07) is 13.0. The summed E-state index contributed by atoms with van der Waals surface area (Å²) in [5.41, 5.74) is 3.23. The molecule has 100 valence electrons. The highest BCUT2D eigenvalue weighted by Gasteiger charge is 2.07. The fourth-order valence-corrected chi connectivity index (χ4v) is 2.18. The van der Waals surface area contributed by atoms with Crippen LogP contribution in [-0.4, -0.2) is 0 Å². The van der Waals surface area contributed by atoms with Crippen molar-refractivity contribution in [2.24, 2.45) is 0 Å². The van der Waals surface area contributed by atoms with Gasteiger partial charge in [-0.25, -0.2) is 4.39 Å². The Balaban J connectivity index is 2.04. The van der Waals surface area contributed by atoms with Crippen molar-refractivity contribution in [2.75, 3.05) is 0 Å². The highest BCUT2D eigenvalue weighted by molar-refractivity contribution is 6.31. The Kier molecular flexibility index (Phi) is 4.56. The second-order valence-corrected chi connectivity index (χ2v) is 5.16. The average Bonchev–Trinajstić information content (AvgIpc) is 2.39. The van der Waals surface area contributed by atoms with Crippen LogP contribution in [0.15, 0.2) is 42.5 Å². The molecule has 3 heteroatoms. The van der Waals surface area contributed by atoms with E-state index < -0.39 is 0 Å². The molecule has 0 aliphatic carbocycles. The maximum Gasteiger partial charge on any atom is 0.123 e. The minimum Gasteiger partial charge on any atom is -0.306 e. The second kappa shape index (κ2) is 6.18. The van der Waals surface area contributed by atoms with Crippen molar-refractivity contribution in [3.05, 3.63) is 70.0 Å². The lowest BCUT2D eigenvalue weighted by Crippen LogP contribution is -2.18. The van der Waals surface area contributed by atoms with E-state index >= 15 is 0 Å². The Hall–Kier alpha value is -1.38. The standard InChI is InChI=1S/C16H17ClFN/c1-11-4-3-5-13(8-11)12(2)19-10-14-9-15(18)6-7-16(14)17/h3-9,12,19H,10H2,1-2H3/t12-/m1/s1. The van der Waals surface area contributed by atoms with E-state index in [0.29, 0.717) is 11.6 Å². The summed E-state index contributed by atoms with van der Waals surface area (Å²) in [4.78, 5) is 0. The van der Waals surface area contributed by atoms with Crippen molar-refractivity contribution in [3.63, 3.8) is 0 Å². The molecule has 0 saturated heterocycles. The zero-order chi connectivity index (χ0) is 13.8. The Bertz CT molecular complexity index is 568. The molecule has 0 spiro atoms. The molecule has 0 fully saturated rings. The van der Waals surface area contributed by atoms with Crippen LogP contribution in [-0.2, 0) is 6.54 Å². The monoisotopic (exact) mass is 277 g/mol. The van der Waals surface area contributed by atoms with Gasteiger partial charge in [-0.2, -0.15) is 0 Å². The van der Waals surface area contributed by atoms with Crippen molar-refractivity contribution in [1.82, 2.24) is 5.32 Å². The lowest BCUT2D eigenvalue weighted by molar-refractivity contribution is 0.569. The third kappa shape index (κ3) is 3.79. The van der Waals surface area contributed by atoms with Gasteiger partial charge in [-0.1, -0.05) is 41.4 Å². The summed E-state index contributed by atoms with van der Waals surface area (Å²) >= 11 is 6.04. The number of halogens is 2. The molecule has 2 aromatic carbocycles. The maximum absolute atomic E-state index is 13.2. The highest BCUT2D eigenvalue weighted by Crippen LogP contribution is 2.19. The molecule has 0 bridgehead atoms. The van der Waals surface area contributed by atoms with Gasteiger partial charge >= 0.3 is 0 Å². The van der Waals surface area contributed by atoms with Crippen molar-refractivity contribution < 1.29 is 4.39 Å². The zero-order valence-corrected chi connectivity index (χ0v) is 11.8. The number of nitrogens with one attached hydrogen (secondary N) is 1. The number of aryl methyl sites for hydroxylation is 1. The first-order chi connectivity index (χ1) is 9.06. The molecule has 0 radical (unpaired) electrons. The van der Waals surface area contributed by atoms with Gasteiger partial charge in [-0.15, -0.1) is 0 Å². The summed E-state index contributed by atoms with van der Waals surface area (Å²) in [5.74, 6) is -0.260. The number of hydrogen-bond acceptors (Lipinski definition) is 1. The van der Waals surface area contributed by atoms with Crippen LogP contribution in [0.1, 0.15) is 29.7 Å². The minimum atomic E-state index is -0.260. The van der Waals surface area contributed by atoms with Gasteiger partial charge in [0.25, 0.3) is 0 Å². The molecule has 1 atom stereocenters. The van der Waals surface area contributed by atoms with E-state index in [1.54, 1.807) is 6.07 Å². The summed E-state index contributed by atoms with van der Waals surface area (Å²) in [5, 5.41) is 3.95. The van der Waals surface area contributed by atoms with Crippen LogP contribution in [0.25, 0.3) is 0 Å². The number of benzene rings is 2. The average molecular weight is 278 g/mol. The van der Waals surface area contributed by atoms with E-state index in [1.165, 1.54) is 23.3 Å². The molecule has 0 unspecified atom stereocenters. The first kappa shape index (κ1) is 14.0. The van der Waals surface area contributed by atoms with Gasteiger partial charge in [-0.05, 0) is 43.2 Å². The zero-order valence-electron chi connectivity index (χ0n) is 11.1. The highest BCUT2D eigenvalue weighted by atomic mass is 35.5. The van der Waals surface area contributed by atoms with E-state index in [9.17, 15) is 4.39 Å². The lowest BCUT2D eigenvalue weighted by atomic mass is 10.1. The van der Waals surface area contributed by atoms with Gasteiger partial charge in [-0.3, -0.25) is 0 Å². The van der Waals surface area contributed by atoms with Crippen molar-refractivity contribution in [3.8, 4) is 0 Å². The molecule has 19 heavy (non-hydrogen) atoms. The Morgan fingerprint density at radius 3 is 2.74 bits per heavy atom. The van der Waals surface area contributed by atoms with Crippen LogP contribution in [0, 0.1) is 12.7 Å². The first-order valence-corrected chi connectivity index (χ1v) is 6.68.